The molecule has 2 aromatic rings. The molecule has 0 fully saturated rings. The Morgan fingerprint density at radius 3 is 2.00 bits per heavy atom. The minimum Gasteiger partial charge on any atom is -0.494 e. The molecular formula is C17H21NO. The Morgan fingerprint density at radius 1 is 0.895 bits per heavy atom. The van der Waals surface area contributed by atoms with E-state index in [1.165, 1.54) is 16.7 Å². The maximum atomic E-state index is 5.59. The smallest absolute Gasteiger partial charge is 0.119 e. The zero-order valence-corrected chi connectivity index (χ0v) is 11.6. The lowest BCUT2D eigenvalue weighted by atomic mass is 10.0. The van der Waals surface area contributed by atoms with Crippen molar-refractivity contribution in [2.75, 3.05) is 13.7 Å². The number of hydrogen-bond acceptors (Lipinski definition) is 2. The molecule has 0 atom stereocenters. The van der Waals surface area contributed by atoms with Crippen molar-refractivity contribution in [2.24, 2.45) is 0 Å². The summed E-state index contributed by atoms with van der Waals surface area (Å²) in [5, 5.41) is 3.15. The van der Waals surface area contributed by atoms with Crippen LogP contribution in [0.3, 0.4) is 0 Å². The van der Waals surface area contributed by atoms with Crippen LogP contribution < -0.4 is 10.1 Å². The maximum Gasteiger partial charge on any atom is 0.119 e. The van der Waals surface area contributed by atoms with E-state index in [4.69, 9.17) is 4.74 Å². The standard InChI is InChI=1S/C17H21NO/c1-3-12-19-17-10-8-16(9-11-17)15-6-4-14(5-7-15)13-18-2/h4-11,18H,3,12-13H2,1-2H3. The third-order valence-electron chi connectivity index (χ3n) is 3.00. The van der Waals surface area contributed by atoms with Crippen LogP contribution in [0.5, 0.6) is 5.75 Å². The van der Waals surface area contributed by atoms with Crippen molar-refractivity contribution in [3.05, 3.63) is 54.1 Å². The van der Waals surface area contributed by atoms with E-state index in [0.717, 1.165) is 25.3 Å². The summed E-state index contributed by atoms with van der Waals surface area (Å²) in [6.45, 7) is 3.79. The van der Waals surface area contributed by atoms with Gasteiger partial charge in [0.1, 0.15) is 5.75 Å². The zero-order valence-electron chi connectivity index (χ0n) is 11.6. The van der Waals surface area contributed by atoms with Crippen molar-refractivity contribution in [1.29, 1.82) is 0 Å². The van der Waals surface area contributed by atoms with Gasteiger partial charge in [0.25, 0.3) is 0 Å². The molecule has 1 N–H and O–H groups in total. The average molecular weight is 255 g/mol. The summed E-state index contributed by atoms with van der Waals surface area (Å²) in [6, 6.07) is 16.9. The fraction of sp³-hybridized carbons (Fsp3) is 0.294. The Hall–Kier alpha value is -1.80. The number of hydrogen-bond donors (Lipinski definition) is 1. The maximum absolute atomic E-state index is 5.59. The molecule has 2 heteroatoms. The van der Waals surface area contributed by atoms with E-state index < -0.39 is 0 Å². The highest BCUT2D eigenvalue weighted by molar-refractivity contribution is 5.64. The first-order chi connectivity index (χ1) is 9.33. The van der Waals surface area contributed by atoms with Gasteiger partial charge >= 0.3 is 0 Å². The first-order valence-electron chi connectivity index (χ1n) is 6.80. The van der Waals surface area contributed by atoms with Crippen molar-refractivity contribution in [1.82, 2.24) is 5.32 Å². The molecule has 0 aliphatic rings. The highest BCUT2D eigenvalue weighted by Gasteiger charge is 1.99. The molecular weight excluding hydrogens is 234 g/mol. The largest absolute Gasteiger partial charge is 0.494 e. The van der Waals surface area contributed by atoms with E-state index in [9.17, 15) is 0 Å². The van der Waals surface area contributed by atoms with Gasteiger partial charge in [-0.3, -0.25) is 0 Å². The third kappa shape index (κ3) is 3.83. The summed E-state index contributed by atoms with van der Waals surface area (Å²) >= 11 is 0. The summed E-state index contributed by atoms with van der Waals surface area (Å²) in [4.78, 5) is 0. The van der Waals surface area contributed by atoms with Gasteiger partial charge in [-0.25, -0.2) is 0 Å². The van der Waals surface area contributed by atoms with Gasteiger partial charge in [0.2, 0.25) is 0 Å². The topological polar surface area (TPSA) is 21.3 Å². The van der Waals surface area contributed by atoms with Gasteiger partial charge in [0.05, 0.1) is 6.61 Å². The van der Waals surface area contributed by atoms with Gasteiger partial charge in [-0.15, -0.1) is 0 Å². The lowest BCUT2D eigenvalue weighted by molar-refractivity contribution is 0.317. The molecule has 100 valence electrons. The molecule has 0 aliphatic carbocycles. The second-order valence-electron chi connectivity index (χ2n) is 4.60. The molecule has 0 spiro atoms. The van der Waals surface area contributed by atoms with Gasteiger partial charge in [-0.05, 0) is 42.3 Å². The van der Waals surface area contributed by atoms with E-state index in [1.807, 2.05) is 19.2 Å². The number of benzene rings is 2. The summed E-state index contributed by atoms with van der Waals surface area (Å²) in [7, 11) is 1.96. The molecule has 2 aromatic carbocycles. The number of nitrogens with one attached hydrogen (secondary N) is 1. The van der Waals surface area contributed by atoms with Gasteiger partial charge in [0.15, 0.2) is 0 Å². The summed E-state index contributed by atoms with van der Waals surface area (Å²) in [5.74, 6) is 0.942. The minimum absolute atomic E-state index is 0.776. The van der Waals surface area contributed by atoms with Crippen LogP contribution in [0.2, 0.25) is 0 Å². The third-order valence-corrected chi connectivity index (χ3v) is 3.00. The Labute approximate surface area is 115 Å². The molecule has 0 radical (unpaired) electrons. The lowest BCUT2D eigenvalue weighted by Crippen LogP contribution is -2.04. The number of ether oxygens (including phenoxy) is 1. The predicted molar refractivity (Wildman–Crippen MR) is 80.4 cm³/mol. The fourth-order valence-corrected chi connectivity index (χ4v) is 1.98. The van der Waals surface area contributed by atoms with Crippen LogP contribution in [0.25, 0.3) is 11.1 Å². The molecule has 2 rings (SSSR count). The van der Waals surface area contributed by atoms with Crippen LogP contribution in [0.1, 0.15) is 18.9 Å². The Morgan fingerprint density at radius 2 is 1.47 bits per heavy atom. The molecule has 0 saturated heterocycles. The second-order valence-corrected chi connectivity index (χ2v) is 4.60. The van der Waals surface area contributed by atoms with Gasteiger partial charge < -0.3 is 10.1 Å². The van der Waals surface area contributed by atoms with E-state index in [2.05, 4.69) is 48.6 Å². The van der Waals surface area contributed by atoms with Crippen LogP contribution in [0.4, 0.5) is 0 Å². The summed E-state index contributed by atoms with van der Waals surface area (Å²) in [5.41, 5.74) is 3.76. The average Bonchev–Trinajstić information content (AvgIpc) is 2.47. The molecule has 0 bridgehead atoms. The molecule has 0 aromatic heterocycles. The highest BCUT2D eigenvalue weighted by Crippen LogP contribution is 2.22. The van der Waals surface area contributed by atoms with Crippen molar-refractivity contribution in [3.8, 4) is 16.9 Å². The Kier molecular flexibility index (Phi) is 4.99. The van der Waals surface area contributed by atoms with E-state index in [1.54, 1.807) is 0 Å². The van der Waals surface area contributed by atoms with Crippen LogP contribution in [-0.4, -0.2) is 13.7 Å². The molecule has 19 heavy (non-hydrogen) atoms. The molecule has 0 aliphatic heterocycles. The predicted octanol–water partition coefficient (Wildman–Crippen LogP) is 3.86. The number of rotatable bonds is 6. The monoisotopic (exact) mass is 255 g/mol. The minimum atomic E-state index is 0.776. The summed E-state index contributed by atoms with van der Waals surface area (Å²) < 4.78 is 5.59. The van der Waals surface area contributed by atoms with Crippen molar-refractivity contribution >= 4 is 0 Å². The van der Waals surface area contributed by atoms with Crippen LogP contribution >= 0.6 is 0 Å². The first kappa shape index (κ1) is 13.6. The summed E-state index contributed by atoms with van der Waals surface area (Å²) in [6.07, 6.45) is 1.04. The highest BCUT2D eigenvalue weighted by atomic mass is 16.5. The lowest BCUT2D eigenvalue weighted by Gasteiger charge is -2.07. The van der Waals surface area contributed by atoms with Gasteiger partial charge in [0, 0.05) is 6.54 Å². The van der Waals surface area contributed by atoms with Crippen LogP contribution in [-0.2, 0) is 6.54 Å². The van der Waals surface area contributed by atoms with E-state index in [-0.39, 0.29) is 0 Å². The van der Waals surface area contributed by atoms with E-state index >= 15 is 0 Å². The van der Waals surface area contributed by atoms with Crippen molar-refractivity contribution in [2.45, 2.75) is 19.9 Å². The SMILES string of the molecule is CCCOc1ccc(-c2ccc(CNC)cc2)cc1. The second kappa shape index (κ2) is 6.95. The molecule has 0 unspecified atom stereocenters. The zero-order chi connectivity index (χ0) is 13.5. The van der Waals surface area contributed by atoms with Crippen LogP contribution in [0.15, 0.2) is 48.5 Å². The normalized spacial score (nSPS) is 10.4. The van der Waals surface area contributed by atoms with Crippen molar-refractivity contribution < 1.29 is 4.74 Å². The van der Waals surface area contributed by atoms with E-state index in [0.29, 0.717) is 0 Å². The first-order valence-corrected chi connectivity index (χ1v) is 6.80. The Bertz CT molecular complexity index is 488. The van der Waals surface area contributed by atoms with Crippen LogP contribution in [0, 0.1) is 0 Å². The van der Waals surface area contributed by atoms with Crippen molar-refractivity contribution in [3.63, 3.8) is 0 Å². The molecule has 0 heterocycles. The van der Waals surface area contributed by atoms with Gasteiger partial charge in [-0.2, -0.15) is 0 Å². The molecule has 0 saturated carbocycles. The molecule has 2 nitrogen and oxygen atoms in total. The Balaban J connectivity index is 2.08. The fourth-order valence-electron chi connectivity index (χ4n) is 1.98. The quantitative estimate of drug-likeness (QED) is 0.846. The van der Waals surface area contributed by atoms with Gasteiger partial charge in [-0.1, -0.05) is 43.3 Å². The molecule has 0 amide bonds.